The normalized spacial score (nSPS) is 12.4. The number of imidazole rings is 1. The summed E-state index contributed by atoms with van der Waals surface area (Å²) in [6, 6.07) is 9.29. The van der Waals surface area contributed by atoms with Gasteiger partial charge < -0.3 is 5.32 Å². The molecule has 0 saturated heterocycles. The van der Waals surface area contributed by atoms with E-state index in [0.29, 0.717) is 13.1 Å². The van der Waals surface area contributed by atoms with Gasteiger partial charge in [-0.05, 0) is 32.0 Å². The molecule has 0 aliphatic heterocycles. The molecule has 1 aromatic carbocycles. The number of hydrogen-bond donors (Lipinski definition) is 1. The molecule has 0 fully saturated rings. The smallest absolute Gasteiger partial charge is 0.329 e. The number of carbonyl (C=O) groups excluding carboxylic acids is 1. The Bertz CT molecular complexity index is 891. The highest BCUT2D eigenvalue weighted by Crippen LogP contribution is 2.12. The van der Waals surface area contributed by atoms with Gasteiger partial charge in [-0.1, -0.05) is 12.1 Å². The van der Waals surface area contributed by atoms with Gasteiger partial charge >= 0.3 is 5.69 Å². The average molecular weight is 327 g/mol. The van der Waals surface area contributed by atoms with Crippen LogP contribution in [0.1, 0.15) is 13.8 Å². The van der Waals surface area contributed by atoms with E-state index >= 15 is 0 Å². The minimum absolute atomic E-state index is 0.00972. The van der Waals surface area contributed by atoms with Crippen molar-refractivity contribution in [3.8, 4) is 0 Å². The maximum Gasteiger partial charge on any atom is 0.329 e. The van der Waals surface area contributed by atoms with Gasteiger partial charge in [0, 0.05) is 25.0 Å². The third kappa shape index (κ3) is 3.10. The zero-order valence-corrected chi connectivity index (χ0v) is 13.8. The molecule has 7 heteroatoms. The van der Waals surface area contributed by atoms with Gasteiger partial charge in [-0.25, -0.2) is 4.79 Å². The third-order valence-electron chi connectivity index (χ3n) is 3.97. The number of carbonyl (C=O) groups is 1. The van der Waals surface area contributed by atoms with Crippen molar-refractivity contribution >= 4 is 16.9 Å². The predicted molar refractivity (Wildman–Crippen MR) is 91.7 cm³/mol. The van der Waals surface area contributed by atoms with E-state index in [9.17, 15) is 9.59 Å². The number of aromatic nitrogens is 4. The Kier molecular flexibility index (Phi) is 4.50. The molecule has 0 saturated carbocycles. The van der Waals surface area contributed by atoms with Crippen molar-refractivity contribution in [1.82, 2.24) is 24.2 Å². The number of amides is 1. The molecule has 126 valence electrons. The summed E-state index contributed by atoms with van der Waals surface area (Å²) in [5.74, 6) is -0.184. The maximum atomic E-state index is 12.5. The van der Waals surface area contributed by atoms with Crippen molar-refractivity contribution in [3.05, 3.63) is 53.2 Å². The molecule has 2 aromatic heterocycles. The Hall–Kier alpha value is -2.83. The van der Waals surface area contributed by atoms with Crippen molar-refractivity contribution in [2.75, 3.05) is 0 Å². The maximum absolute atomic E-state index is 12.5. The molecular weight excluding hydrogens is 306 g/mol. The SMILES string of the molecule is CCn1c(=O)n(CC(=O)NC(C)Cn2cccn2)c2ccccc21. The molecule has 0 aliphatic rings. The molecule has 1 atom stereocenters. The standard InChI is InChI=1S/C17H21N5O2/c1-3-21-14-7-4-5-8-15(14)22(17(21)24)12-16(23)19-13(2)11-20-10-6-9-18-20/h4-10,13H,3,11-12H2,1-2H3,(H,19,23). The van der Waals surface area contributed by atoms with Crippen LogP contribution in [0.15, 0.2) is 47.5 Å². The fourth-order valence-corrected chi connectivity index (χ4v) is 2.93. The molecule has 1 amide bonds. The number of rotatable bonds is 6. The number of nitrogens with zero attached hydrogens (tertiary/aromatic N) is 4. The Morgan fingerprint density at radius 2 is 1.92 bits per heavy atom. The van der Waals surface area contributed by atoms with E-state index in [2.05, 4.69) is 10.4 Å². The zero-order chi connectivity index (χ0) is 17.1. The molecule has 3 aromatic rings. The minimum Gasteiger partial charge on any atom is -0.350 e. The van der Waals surface area contributed by atoms with Gasteiger partial charge in [0.05, 0.1) is 17.6 Å². The van der Waals surface area contributed by atoms with Crippen LogP contribution in [0.5, 0.6) is 0 Å². The van der Waals surface area contributed by atoms with E-state index in [1.54, 1.807) is 15.4 Å². The fourth-order valence-electron chi connectivity index (χ4n) is 2.93. The fraction of sp³-hybridized carbons (Fsp3) is 0.353. The lowest BCUT2D eigenvalue weighted by molar-refractivity contribution is -0.122. The van der Waals surface area contributed by atoms with Crippen LogP contribution in [0, 0.1) is 0 Å². The van der Waals surface area contributed by atoms with Crippen LogP contribution in [-0.4, -0.2) is 30.9 Å². The van der Waals surface area contributed by atoms with Gasteiger partial charge in [-0.3, -0.25) is 18.6 Å². The molecule has 0 bridgehead atoms. The van der Waals surface area contributed by atoms with Crippen molar-refractivity contribution in [1.29, 1.82) is 0 Å². The number of fused-ring (bicyclic) bond motifs is 1. The second-order valence-corrected chi connectivity index (χ2v) is 5.80. The molecule has 3 rings (SSSR count). The zero-order valence-electron chi connectivity index (χ0n) is 13.8. The van der Waals surface area contributed by atoms with Crippen molar-refractivity contribution in [2.45, 2.75) is 39.5 Å². The van der Waals surface area contributed by atoms with Gasteiger partial charge in [0.2, 0.25) is 5.91 Å². The second kappa shape index (κ2) is 6.74. The summed E-state index contributed by atoms with van der Waals surface area (Å²) in [5.41, 5.74) is 1.47. The Morgan fingerprint density at radius 3 is 2.54 bits per heavy atom. The molecule has 7 nitrogen and oxygen atoms in total. The van der Waals surface area contributed by atoms with Crippen LogP contribution in [-0.2, 0) is 24.4 Å². The number of benzene rings is 1. The van der Waals surface area contributed by atoms with Gasteiger partial charge in [0.25, 0.3) is 0 Å². The highest BCUT2D eigenvalue weighted by molar-refractivity contribution is 5.81. The van der Waals surface area contributed by atoms with Gasteiger partial charge in [0.1, 0.15) is 6.54 Å². The number of aryl methyl sites for hydroxylation is 1. The summed E-state index contributed by atoms with van der Waals surface area (Å²) in [7, 11) is 0. The number of nitrogens with one attached hydrogen (secondary N) is 1. The minimum atomic E-state index is -0.184. The summed E-state index contributed by atoms with van der Waals surface area (Å²) in [5, 5.41) is 7.04. The van der Waals surface area contributed by atoms with Crippen LogP contribution in [0.2, 0.25) is 0 Å². The summed E-state index contributed by atoms with van der Waals surface area (Å²) < 4.78 is 4.96. The van der Waals surface area contributed by atoms with Crippen LogP contribution >= 0.6 is 0 Å². The Balaban J connectivity index is 1.76. The molecular formula is C17H21N5O2. The van der Waals surface area contributed by atoms with E-state index in [-0.39, 0.29) is 24.2 Å². The molecule has 24 heavy (non-hydrogen) atoms. The predicted octanol–water partition coefficient (Wildman–Crippen LogP) is 1.22. The lowest BCUT2D eigenvalue weighted by atomic mass is 10.3. The van der Waals surface area contributed by atoms with Crippen molar-refractivity contribution in [2.24, 2.45) is 0 Å². The molecule has 2 heterocycles. The Labute approximate surface area is 139 Å². The van der Waals surface area contributed by atoms with Crippen LogP contribution in [0.4, 0.5) is 0 Å². The summed E-state index contributed by atoms with van der Waals surface area (Å²) in [6.45, 7) is 5.01. The molecule has 0 aliphatic carbocycles. The summed E-state index contributed by atoms with van der Waals surface area (Å²) >= 11 is 0. The van der Waals surface area contributed by atoms with E-state index in [1.807, 2.05) is 50.4 Å². The first-order valence-corrected chi connectivity index (χ1v) is 8.05. The average Bonchev–Trinajstić information content (AvgIpc) is 3.14. The van der Waals surface area contributed by atoms with Gasteiger partial charge in [0.15, 0.2) is 0 Å². The highest BCUT2D eigenvalue weighted by Gasteiger charge is 2.15. The highest BCUT2D eigenvalue weighted by atomic mass is 16.2. The first kappa shape index (κ1) is 16.0. The van der Waals surface area contributed by atoms with Gasteiger partial charge in [-0.2, -0.15) is 5.10 Å². The topological polar surface area (TPSA) is 73.8 Å². The van der Waals surface area contributed by atoms with Crippen LogP contribution in [0.3, 0.4) is 0 Å². The molecule has 0 radical (unpaired) electrons. The lowest BCUT2D eigenvalue weighted by Crippen LogP contribution is -2.39. The third-order valence-corrected chi connectivity index (χ3v) is 3.97. The van der Waals surface area contributed by atoms with E-state index in [0.717, 1.165) is 11.0 Å². The van der Waals surface area contributed by atoms with Crippen LogP contribution in [0.25, 0.3) is 11.0 Å². The number of hydrogen-bond acceptors (Lipinski definition) is 3. The largest absolute Gasteiger partial charge is 0.350 e. The molecule has 0 spiro atoms. The van der Waals surface area contributed by atoms with E-state index < -0.39 is 0 Å². The second-order valence-electron chi connectivity index (χ2n) is 5.80. The van der Waals surface area contributed by atoms with Crippen molar-refractivity contribution in [3.63, 3.8) is 0 Å². The quantitative estimate of drug-likeness (QED) is 0.740. The first-order valence-electron chi connectivity index (χ1n) is 8.05. The van der Waals surface area contributed by atoms with E-state index in [4.69, 9.17) is 0 Å². The molecule has 1 N–H and O–H groups in total. The lowest BCUT2D eigenvalue weighted by Gasteiger charge is -2.14. The summed E-state index contributed by atoms with van der Waals surface area (Å²) in [4.78, 5) is 24.9. The van der Waals surface area contributed by atoms with Crippen LogP contribution < -0.4 is 11.0 Å². The van der Waals surface area contributed by atoms with Gasteiger partial charge in [-0.15, -0.1) is 0 Å². The first-order chi connectivity index (χ1) is 11.6. The van der Waals surface area contributed by atoms with E-state index in [1.165, 1.54) is 4.57 Å². The monoisotopic (exact) mass is 327 g/mol. The summed E-state index contributed by atoms with van der Waals surface area (Å²) in [6.07, 6.45) is 3.55. The molecule has 1 unspecified atom stereocenters. The Morgan fingerprint density at radius 1 is 1.21 bits per heavy atom. The number of para-hydroxylation sites is 2. The van der Waals surface area contributed by atoms with Crippen molar-refractivity contribution < 1.29 is 4.79 Å².